The van der Waals surface area contributed by atoms with Gasteiger partial charge in [0.25, 0.3) is 0 Å². The van der Waals surface area contributed by atoms with Gasteiger partial charge in [0.1, 0.15) is 12.4 Å². The van der Waals surface area contributed by atoms with Crippen LogP contribution < -0.4 is 10.5 Å². The van der Waals surface area contributed by atoms with Crippen molar-refractivity contribution < 1.29 is 4.74 Å². The van der Waals surface area contributed by atoms with Crippen LogP contribution in [-0.4, -0.2) is 0 Å². The Kier molecular flexibility index (Phi) is 3.51. The molecule has 0 amide bonds. The number of hydrogen-bond acceptors (Lipinski definition) is 2. The van der Waals surface area contributed by atoms with Crippen LogP contribution in [0.5, 0.6) is 5.75 Å². The lowest BCUT2D eigenvalue weighted by atomic mass is 9.88. The molecule has 0 radical (unpaired) electrons. The maximum Gasteiger partial charge on any atom is 0.120 e. The summed E-state index contributed by atoms with van der Waals surface area (Å²) < 4.78 is 5.85. The summed E-state index contributed by atoms with van der Waals surface area (Å²) in [6.45, 7) is 0.606. The lowest BCUT2D eigenvalue weighted by Gasteiger charge is -2.22. The van der Waals surface area contributed by atoms with Crippen LogP contribution in [0, 0.1) is 0 Å². The second-order valence-electron chi connectivity index (χ2n) is 5.13. The van der Waals surface area contributed by atoms with E-state index in [0.717, 1.165) is 18.6 Å². The molecule has 0 aliphatic heterocycles. The molecule has 1 atom stereocenters. The average molecular weight is 253 g/mol. The lowest BCUT2D eigenvalue weighted by molar-refractivity contribution is 0.305. The molecular formula is C17H19NO. The molecule has 0 fully saturated rings. The molecule has 19 heavy (non-hydrogen) atoms. The quantitative estimate of drug-likeness (QED) is 0.907. The van der Waals surface area contributed by atoms with Crippen molar-refractivity contribution in [2.45, 2.75) is 31.9 Å². The fraction of sp³-hybridized carbons (Fsp3) is 0.294. The van der Waals surface area contributed by atoms with E-state index in [1.165, 1.54) is 23.1 Å². The molecule has 0 saturated heterocycles. The van der Waals surface area contributed by atoms with Crippen molar-refractivity contribution in [1.82, 2.24) is 0 Å². The summed E-state index contributed by atoms with van der Waals surface area (Å²) in [4.78, 5) is 0. The van der Waals surface area contributed by atoms with Crippen LogP contribution in [0.3, 0.4) is 0 Å². The van der Waals surface area contributed by atoms with E-state index < -0.39 is 0 Å². The number of ether oxygens (including phenoxy) is 1. The van der Waals surface area contributed by atoms with Crippen LogP contribution in [-0.2, 0) is 13.0 Å². The Hall–Kier alpha value is -1.80. The largest absolute Gasteiger partial charge is 0.489 e. The van der Waals surface area contributed by atoms with E-state index in [1.54, 1.807) is 0 Å². The first kappa shape index (κ1) is 12.2. The molecule has 2 nitrogen and oxygen atoms in total. The van der Waals surface area contributed by atoms with Crippen molar-refractivity contribution in [1.29, 1.82) is 0 Å². The zero-order chi connectivity index (χ0) is 13.1. The van der Waals surface area contributed by atoms with Crippen LogP contribution in [0.25, 0.3) is 0 Å². The average Bonchev–Trinajstić information content (AvgIpc) is 2.47. The first-order chi connectivity index (χ1) is 9.33. The molecule has 2 heteroatoms. The normalized spacial score (nSPS) is 17.8. The van der Waals surface area contributed by atoms with Crippen LogP contribution in [0.15, 0.2) is 48.5 Å². The van der Waals surface area contributed by atoms with Gasteiger partial charge in [0.15, 0.2) is 0 Å². The molecule has 2 aromatic rings. The topological polar surface area (TPSA) is 35.2 Å². The third-order valence-electron chi connectivity index (χ3n) is 3.73. The Morgan fingerprint density at radius 2 is 1.95 bits per heavy atom. The number of nitrogens with two attached hydrogens (primary N) is 1. The highest BCUT2D eigenvalue weighted by molar-refractivity contribution is 5.39. The van der Waals surface area contributed by atoms with Crippen LogP contribution in [0.4, 0.5) is 0 Å². The second kappa shape index (κ2) is 5.45. The van der Waals surface area contributed by atoms with E-state index >= 15 is 0 Å². The maximum atomic E-state index is 6.17. The fourth-order valence-electron chi connectivity index (χ4n) is 2.64. The molecule has 0 unspecified atom stereocenters. The number of hydrogen-bond donors (Lipinski definition) is 1. The summed E-state index contributed by atoms with van der Waals surface area (Å²) in [6.07, 6.45) is 3.41. The predicted octanol–water partition coefficient (Wildman–Crippen LogP) is 3.60. The monoisotopic (exact) mass is 253 g/mol. The molecule has 0 heterocycles. The number of aryl methyl sites for hydroxylation is 1. The van der Waals surface area contributed by atoms with Gasteiger partial charge in [-0.3, -0.25) is 0 Å². The molecule has 2 N–H and O–H groups in total. The van der Waals surface area contributed by atoms with Gasteiger partial charge < -0.3 is 10.5 Å². The summed E-state index contributed by atoms with van der Waals surface area (Å²) in [5, 5.41) is 0. The summed E-state index contributed by atoms with van der Waals surface area (Å²) in [7, 11) is 0. The molecule has 0 saturated carbocycles. The highest BCUT2D eigenvalue weighted by Gasteiger charge is 2.17. The van der Waals surface area contributed by atoms with Gasteiger partial charge in [0.05, 0.1) is 0 Å². The molecule has 1 aliphatic rings. The Labute approximate surface area is 114 Å². The van der Waals surface area contributed by atoms with Gasteiger partial charge in [-0.25, -0.2) is 0 Å². The molecule has 1 aliphatic carbocycles. The number of rotatable bonds is 3. The lowest BCUT2D eigenvalue weighted by Crippen LogP contribution is -2.17. The smallest absolute Gasteiger partial charge is 0.120 e. The van der Waals surface area contributed by atoms with E-state index in [1.807, 2.05) is 18.2 Å². The van der Waals surface area contributed by atoms with Crippen molar-refractivity contribution in [3.05, 3.63) is 65.2 Å². The van der Waals surface area contributed by atoms with Crippen LogP contribution in [0.2, 0.25) is 0 Å². The highest BCUT2D eigenvalue weighted by Crippen LogP contribution is 2.31. The third-order valence-corrected chi connectivity index (χ3v) is 3.73. The van der Waals surface area contributed by atoms with Gasteiger partial charge in [0, 0.05) is 6.04 Å². The van der Waals surface area contributed by atoms with Crippen molar-refractivity contribution in [2.75, 3.05) is 0 Å². The van der Waals surface area contributed by atoms with Gasteiger partial charge >= 0.3 is 0 Å². The van der Waals surface area contributed by atoms with Gasteiger partial charge in [-0.2, -0.15) is 0 Å². The molecule has 0 spiro atoms. The van der Waals surface area contributed by atoms with E-state index in [9.17, 15) is 0 Å². The zero-order valence-corrected chi connectivity index (χ0v) is 11.0. The molecule has 3 rings (SSSR count). The van der Waals surface area contributed by atoms with Crippen LogP contribution in [0.1, 0.15) is 35.6 Å². The Bertz CT molecular complexity index is 550. The minimum atomic E-state index is 0.170. The molecule has 0 aromatic heterocycles. The van der Waals surface area contributed by atoms with Gasteiger partial charge in [-0.15, -0.1) is 0 Å². The fourth-order valence-corrected chi connectivity index (χ4v) is 2.64. The Balaban J connectivity index is 1.74. The molecule has 2 aromatic carbocycles. The van der Waals surface area contributed by atoms with E-state index in [-0.39, 0.29) is 6.04 Å². The molecule has 0 bridgehead atoms. The summed E-state index contributed by atoms with van der Waals surface area (Å²) in [5.74, 6) is 0.917. The summed E-state index contributed by atoms with van der Waals surface area (Å²) in [5.41, 5.74) is 9.99. The minimum Gasteiger partial charge on any atom is -0.489 e. The summed E-state index contributed by atoms with van der Waals surface area (Å²) in [6, 6.07) is 16.7. The molecular weight excluding hydrogens is 234 g/mol. The van der Waals surface area contributed by atoms with Crippen LogP contribution >= 0.6 is 0 Å². The summed E-state index contributed by atoms with van der Waals surface area (Å²) >= 11 is 0. The van der Waals surface area contributed by atoms with Crippen molar-refractivity contribution in [3.8, 4) is 5.75 Å². The Morgan fingerprint density at radius 1 is 1.11 bits per heavy atom. The van der Waals surface area contributed by atoms with Gasteiger partial charge in [0.2, 0.25) is 0 Å². The van der Waals surface area contributed by atoms with Crippen molar-refractivity contribution in [3.63, 3.8) is 0 Å². The standard InChI is InChI=1S/C17H19NO/c18-17-8-4-7-14-9-10-15(11-16(14)17)19-12-13-5-2-1-3-6-13/h1-3,5-6,9-11,17H,4,7-8,12,18H2/t17-/m0/s1. The number of fused-ring (bicyclic) bond motifs is 1. The van der Waals surface area contributed by atoms with E-state index in [4.69, 9.17) is 10.5 Å². The van der Waals surface area contributed by atoms with E-state index in [0.29, 0.717) is 6.61 Å². The first-order valence-corrected chi connectivity index (χ1v) is 6.88. The Morgan fingerprint density at radius 3 is 2.79 bits per heavy atom. The minimum absolute atomic E-state index is 0.170. The van der Waals surface area contributed by atoms with Gasteiger partial charge in [-0.1, -0.05) is 36.4 Å². The van der Waals surface area contributed by atoms with E-state index in [2.05, 4.69) is 30.3 Å². The number of benzene rings is 2. The maximum absolute atomic E-state index is 6.17. The third kappa shape index (κ3) is 2.79. The van der Waals surface area contributed by atoms with Gasteiger partial charge in [-0.05, 0) is 48.1 Å². The zero-order valence-electron chi connectivity index (χ0n) is 11.0. The van der Waals surface area contributed by atoms with Crippen molar-refractivity contribution in [2.24, 2.45) is 5.73 Å². The first-order valence-electron chi connectivity index (χ1n) is 6.88. The molecule has 98 valence electrons. The van der Waals surface area contributed by atoms with Crippen molar-refractivity contribution >= 4 is 0 Å². The highest BCUT2D eigenvalue weighted by atomic mass is 16.5. The predicted molar refractivity (Wildman–Crippen MR) is 77.1 cm³/mol. The second-order valence-corrected chi connectivity index (χ2v) is 5.13. The SMILES string of the molecule is N[C@H]1CCCc2ccc(OCc3ccccc3)cc21.